The molecule has 0 unspecified atom stereocenters. The van der Waals surface area contributed by atoms with Crippen LogP contribution < -0.4 is 10.5 Å². The van der Waals surface area contributed by atoms with E-state index >= 15 is 0 Å². The van der Waals surface area contributed by atoms with Crippen molar-refractivity contribution >= 4 is 11.8 Å². The van der Waals surface area contributed by atoms with E-state index in [2.05, 4.69) is 11.8 Å². The van der Waals surface area contributed by atoms with Crippen LogP contribution in [0.4, 0.5) is 0 Å². The second-order valence-corrected chi connectivity index (χ2v) is 6.83. The Bertz CT molecular complexity index is 634. The van der Waals surface area contributed by atoms with Crippen LogP contribution in [-0.2, 0) is 4.79 Å². The van der Waals surface area contributed by atoms with Gasteiger partial charge in [0.25, 0.3) is 11.8 Å². The first-order valence-corrected chi connectivity index (χ1v) is 9.16. The maximum absolute atomic E-state index is 13.1. The molecule has 6 heteroatoms. The zero-order valence-corrected chi connectivity index (χ0v) is 14.8. The molecule has 25 heavy (non-hydrogen) atoms. The summed E-state index contributed by atoms with van der Waals surface area (Å²) in [5, 5.41) is 0. The van der Waals surface area contributed by atoms with Crippen LogP contribution in [0.15, 0.2) is 24.3 Å². The molecule has 0 bridgehead atoms. The molecule has 2 saturated heterocycles. The number of hydrogen-bond donors (Lipinski definition) is 1. The molecule has 0 radical (unpaired) electrons. The monoisotopic (exact) mass is 345 g/mol. The lowest BCUT2D eigenvalue weighted by Gasteiger charge is -2.34. The van der Waals surface area contributed by atoms with Crippen molar-refractivity contribution in [1.29, 1.82) is 0 Å². The van der Waals surface area contributed by atoms with Gasteiger partial charge in [-0.25, -0.2) is 0 Å². The number of likely N-dealkylation sites (tertiary alicyclic amines) is 2. The van der Waals surface area contributed by atoms with E-state index < -0.39 is 5.91 Å². The van der Waals surface area contributed by atoms with Gasteiger partial charge in [-0.3, -0.25) is 14.5 Å². The van der Waals surface area contributed by atoms with Crippen molar-refractivity contribution in [2.45, 2.75) is 44.7 Å². The predicted molar refractivity (Wildman–Crippen MR) is 95.5 cm³/mol. The molecule has 0 aliphatic carbocycles. The largest absolute Gasteiger partial charge is 0.484 e. The SMILES string of the molecule is CCN1CCC[C@H]1[C@@H]1CCCN1C(=O)c1cccc(OCC(N)=O)c1. The molecule has 2 aliphatic heterocycles. The lowest BCUT2D eigenvalue weighted by molar-refractivity contribution is -0.119. The number of benzene rings is 1. The number of ether oxygens (including phenoxy) is 1. The van der Waals surface area contributed by atoms with E-state index in [4.69, 9.17) is 10.5 Å². The van der Waals surface area contributed by atoms with Crippen molar-refractivity contribution in [3.63, 3.8) is 0 Å². The summed E-state index contributed by atoms with van der Waals surface area (Å²) in [7, 11) is 0. The molecule has 6 nitrogen and oxygen atoms in total. The van der Waals surface area contributed by atoms with Crippen LogP contribution in [0.3, 0.4) is 0 Å². The van der Waals surface area contributed by atoms with Gasteiger partial charge in [0, 0.05) is 24.2 Å². The third kappa shape index (κ3) is 3.95. The summed E-state index contributed by atoms with van der Waals surface area (Å²) in [5.41, 5.74) is 5.71. The molecule has 136 valence electrons. The number of nitrogens with two attached hydrogens (primary N) is 1. The number of carbonyl (C=O) groups is 2. The Balaban J connectivity index is 1.73. The number of amides is 2. The smallest absolute Gasteiger partial charge is 0.255 e. The van der Waals surface area contributed by atoms with E-state index in [1.807, 2.05) is 4.90 Å². The van der Waals surface area contributed by atoms with E-state index in [-0.39, 0.29) is 12.5 Å². The van der Waals surface area contributed by atoms with Crippen LogP contribution in [0, 0.1) is 0 Å². The van der Waals surface area contributed by atoms with Gasteiger partial charge in [-0.1, -0.05) is 13.0 Å². The first-order valence-electron chi connectivity index (χ1n) is 9.16. The molecule has 2 heterocycles. The Morgan fingerprint density at radius 2 is 1.96 bits per heavy atom. The Morgan fingerprint density at radius 1 is 1.20 bits per heavy atom. The highest BCUT2D eigenvalue weighted by molar-refractivity contribution is 5.95. The summed E-state index contributed by atoms with van der Waals surface area (Å²) in [4.78, 5) is 28.5. The van der Waals surface area contributed by atoms with Crippen LogP contribution in [-0.4, -0.2) is 59.9 Å². The topological polar surface area (TPSA) is 75.9 Å². The zero-order valence-electron chi connectivity index (χ0n) is 14.8. The lowest BCUT2D eigenvalue weighted by Crippen LogP contribution is -2.48. The molecule has 0 aromatic heterocycles. The first-order chi connectivity index (χ1) is 12.1. The fraction of sp³-hybridized carbons (Fsp3) is 0.579. The van der Waals surface area contributed by atoms with Gasteiger partial charge >= 0.3 is 0 Å². The predicted octanol–water partition coefficient (Wildman–Crippen LogP) is 1.64. The number of primary amides is 1. The minimum Gasteiger partial charge on any atom is -0.484 e. The average molecular weight is 345 g/mol. The van der Waals surface area contributed by atoms with Crippen LogP contribution in [0.2, 0.25) is 0 Å². The number of rotatable bonds is 6. The van der Waals surface area contributed by atoms with Gasteiger partial charge in [0.2, 0.25) is 0 Å². The van der Waals surface area contributed by atoms with Crippen molar-refractivity contribution in [2.24, 2.45) is 5.73 Å². The lowest BCUT2D eigenvalue weighted by atomic mass is 10.0. The molecule has 2 aliphatic rings. The second-order valence-electron chi connectivity index (χ2n) is 6.83. The van der Waals surface area contributed by atoms with Crippen LogP contribution in [0.5, 0.6) is 5.75 Å². The molecular formula is C19H27N3O3. The summed E-state index contributed by atoms with van der Waals surface area (Å²) in [6.07, 6.45) is 4.52. The van der Waals surface area contributed by atoms with Gasteiger partial charge in [0.1, 0.15) is 5.75 Å². The fourth-order valence-corrected chi connectivity index (χ4v) is 4.16. The summed E-state index contributed by atoms with van der Waals surface area (Å²) in [5.74, 6) is 0.0173. The van der Waals surface area contributed by atoms with Crippen LogP contribution in [0.25, 0.3) is 0 Å². The van der Waals surface area contributed by atoms with Gasteiger partial charge < -0.3 is 15.4 Å². The molecule has 2 amide bonds. The van der Waals surface area contributed by atoms with E-state index in [1.54, 1.807) is 24.3 Å². The number of nitrogens with zero attached hydrogens (tertiary/aromatic N) is 2. The Morgan fingerprint density at radius 3 is 2.72 bits per heavy atom. The second kappa shape index (κ2) is 7.87. The molecule has 2 fully saturated rings. The van der Waals surface area contributed by atoms with Gasteiger partial charge in [-0.15, -0.1) is 0 Å². The van der Waals surface area contributed by atoms with Crippen molar-refractivity contribution in [3.05, 3.63) is 29.8 Å². The maximum Gasteiger partial charge on any atom is 0.255 e. The number of likely N-dealkylation sites (N-methyl/N-ethyl adjacent to an activating group) is 1. The standard InChI is InChI=1S/C19H27N3O3/c1-2-21-10-4-8-16(21)17-9-5-11-22(17)19(24)14-6-3-7-15(12-14)25-13-18(20)23/h3,6-7,12,16-17H,2,4-5,8-11,13H2,1H3,(H2,20,23)/t16-,17-/m0/s1. The molecule has 0 spiro atoms. The van der Waals surface area contributed by atoms with Crippen LogP contribution in [0.1, 0.15) is 43.0 Å². The molecule has 2 atom stereocenters. The van der Waals surface area contributed by atoms with Gasteiger partial charge in [-0.05, 0) is 57.0 Å². The zero-order chi connectivity index (χ0) is 17.8. The first kappa shape index (κ1) is 17.7. The Labute approximate surface area is 148 Å². The molecule has 1 aromatic rings. The summed E-state index contributed by atoms with van der Waals surface area (Å²) in [6.45, 7) is 5.00. The number of carbonyl (C=O) groups excluding carboxylic acids is 2. The number of hydrogen-bond acceptors (Lipinski definition) is 4. The van der Waals surface area contributed by atoms with E-state index in [1.165, 1.54) is 12.8 Å². The average Bonchev–Trinajstić information content (AvgIpc) is 3.27. The van der Waals surface area contributed by atoms with Gasteiger partial charge in [0.05, 0.1) is 0 Å². The summed E-state index contributed by atoms with van der Waals surface area (Å²) < 4.78 is 5.33. The molecule has 1 aromatic carbocycles. The third-order valence-corrected chi connectivity index (χ3v) is 5.29. The molecule has 3 rings (SSSR count). The van der Waals surface area contributed by atoms with Crippen molar-refractivity contribution < 1.29 is 14.3 Å². The van der Waals surface area contributed by atoms with Crippen LogP contribution >= 0.6 is 0 Å². The van der Waals surface area contributed by atoms with Gasteiger partial charge in [0.15, 0.2) is 6.61 Å². The minimum absolute atomic E-state index is 0.0509. The Kier molecular flexibility index (Phi) is 5.58. The normalized spacial score (nSPS) is 23.8. The van der Waals surface area contributed by atoms with Crippen molar-refractivity contribution in [2.75, 3.05) is 26.2 Å². The minimum atomic E-state index is -0.530. The fourth-order valence-electron chi connectivity index (χ4n) is 4.16. The highest BCUT2D eigenvalue weighted by Gasteiger charge is 2.39. The maximum atomic E-state index is 13.1. The quantitative estimate of drug-likeness (QED) is 0.850. The third-order valence-electron chi connectivity index (χ3n) is 5.29. The van der Waals surface area contributed by atoms with E-state index in [9.17, 15) is 9.59 Å². The molecule has 0 saturated carbocycles. The molecule has 2 N–H and O–H groups in total. The van der Waals surface area contributed by atoms with Crippen molar-refractivity contribution in [3.8, 4) is 5.75 Å². The van der Waals surface area contributed by atoms with Gasteiger partial charge in [-0.2, -0.15) is 0 Å². The molecular weight excluding hydrogens is 318 g/mol. The summed E-state index contributed by atoms with van der Waals surface area (Å²) >= 11 is 0. The summed E-state index contributed by atoms with van der Waals surface area (Å²) in [6, 6.07) is 7.80. The van der Waals surface area contributed by atoms with Crippen molar-refractivity contribution in [1.82, 2.24) is 9.80 Å². The van der Waals surface area contributed by atoms with E-state index in [0.717, 1.165) is 32.5 Å². The highest BCUT2D eigenvalue weighted by atomic mass is 16.5. The Hall–Kier alpha value is -2.08. The van der Waals surface area contributed by atoms with E-state index in [0.29, 0.717) is 23.4 Å². The highest BCUT2D eigenvalue weighted by Crippen LogP contribution is 2.31.